The molecule has 0 saturated heterocycles. The van der Waals surface area contributed by atoms with E-state index >= 15 is 0 Å². The van der Waals surface area contributed by atoms with Crippen molar-refractivity contribution in [1.29, 1.82) is 0 Å². The van der Waals surface area contributed by atoms with Crippen molar-refractivity contribution in [2.45, 2.75) is 20.4 Å². The monoisotopic (exact) mass is 239 g/mol. The van der Waals surface area contributed by atoms with E-state index in [1.165, 1.54) is 6.07 Å². The Bertz CT molecular complexity index is 381. The van der Waals surface area contributed by atoms with Gasteiger partial charge in [-0.1, -0.05) is 32.0 Å². The molecular weight excluding hydrogens is 221 g/mol. The fraction of sp³-hybridized carbons (Fsp3) is 0.462. The highest BCUT2D eigenvalue weighted by molar-refractivity contribution is 5.69. The first kappa shape index (κ1) is 13.6. The molecule has 0 amide bonds. The van der Waals surface area contributed by atoms with E-state index in [4.69, 9.17) is 5.11 Å². The Balaban J connectivity index is 2.64. The van der Waals surface area contributed by atoms with E-state index in [0.29, 0.717) is 25.2 Å². The van der Waals surface area contributed by atoms with Crippen LogP contribution in [0.1, 0.15) is 19.4 Å². The van der Waals surface area contributed by atoms with Gasteiger partial charge in [0, 0.05) is 18.7 Å². The van der Waals surface area contributed by atoms with Crippen LogP contribution in [0.25, 0.3) is 0 Å². The summed E-state index contributed by atoms with van der Waals surface area (Å²) < 4.78 is 13.4. The Morgan fingerprint density at radius 2 is 2.12 bits per heavy atom. The van der Waals surface area contributed by atoms with E-state index in [1.807, 2.05) is 11.8 Å². The predicted octanol–water partition coefficient (Wildman–Crippen LogP) is 2.37. The van der Waals surface area contributed by atoms with Gasteiger partial charge in [-0.25, -0.2) is 4.39 Å². The van der Waals surface area contributed by atoms with E-state index < -0.39 is 11.9 Å². The van der Waals surface area contributed by atoms with Crippen LogP contribution in [-0.2, 0) is 11.3 Å². The molecule has 1 atom stereocenters. The molecule has 0 aromatic heterocycles. The van der Waals surface area contributed by atoms with Gasteiger partial charge in [0.15, 0.2) is 0 Å². The lowest BCUT2D eigenvalue weighted by molar-refractivity contribution is -0.141. The fourth-order valence-corrected chi connectivity index (χ4v) is 1.64. The molecule has 1 aromatic carbocycles. The maximum atomic E-state index is 13.4. The van der Waals surface area contributed by atoms with Gasteiger partial charge < -0.3 is 5.11 Å². The molecule has 0 aliphatic heterocycles. The number of rotatable bonds is 6. The standard InChI is InChI=1S/C13H18FNO2/c1-3-15(8-10(2)13(16)17)9-11-6-4-5-7-12(11)14/h4-7,10H,3,8-9H2,1-2H3,(H,16,17). The van der Waals surface area contributed by atoms with Crippen molar-refractivity contribution in [2.75, 3.05) is 13.1 Å². The van der Waals surface area contributed by atoms with Crippen molar-refractivity contribution < 1.29 is 14.3 Å². The summed E-state index contributed by atoms with van der Waals surface area (Å²) in [7, 11) is 0. The van der Waals surface area contributed by atoms with Gasteiger partial charge in [0.1, 0.15) is 5.82 Å². The Labute approximate surface area is 101 Å². The number of carbonyl (C=O) groups is 1. The van der Waals surface area contributed by atoms with Gasteiger partial charge in [0.25, 0.3) is 0 Å². The van der Waals surface area contributed by atoms with Crippen molar-refractivity contribution in [1.82, 2.24) is 4.90 Å². The van der Waals surface area contributed by atoms with Crippen LogP contribution in [0.3, 0.4) is 0 Å². The third-order valence-corrected chi connectivity index (χ3v) is 2.75. The van der Waals surface area contributed by atoms with Crippen LogP contribution >= 0.6 is 0 Å². The van der Waals surface area contributed by atoms with Crippen molar-refractivity contribution >= 4 is 5.97 Å². The molecule has 4 heteroatoms. The van der Waals surface area contributed by atoms with E-state index in [1.54, 1.807) is 25.1 Å². The normalized spacial score (nSPS) is 12.7. The van der Waals surface area contributed by atoms with Gasteiger partial charge in [-0.05, 0) is 12.6 Å². The van der Waals surface area contributed by atoms with Gasteiger partial charge in [0.05, 0.1) is 5.92 Å². The zero-order chi connectivity index (χ0) is 12.8. The van der Waals surface area contributed by atoms with Crippen molar-refractivity contribution in [3.05, 3.63) is 35.6 Å². The molecule has 17 heavy (non-hydrogen) atoms. The second-order valence-electron chi connectivity index (χ2n) is 4.16. The maximum absolute atomic E-state index is 13.4. The Hall–Kier alpha value is -1.42. The van der Waals surface area contributed by atoms with Crippen LogP contribution in [0.15, 0.2) is 24.3 Å². The highest BCUT2D eigenvalue weighted by Crippen LogP contribution is 2.11. The van der Waals surface area contributed by atoms with Gasteiger partial charge in [0.2, 0.25) is 0 Å². The summed E-state index contributed by atoms with van der Waals surface area (Å²) in [6, 6.07) is 6.58. The van der Waals surface area contributed by atoms with Crippen molar-refractivity contribution in [3.63, 3.8) is 0 Å². The molecule has 0 heterocycles. The number of hydrogen-bond donors (Lipinski definition) is 1. The Morgan fingerprint density at radius 3 is 2.65 bits per heavy atom. The molecule has 94 valence electrons. The second kappa shape index (κ2) is 6.35. The Kier molecular flexibility index (Phi) is 5.10. The first-order valence-corrected chi connectivity index (χ1v) is 5.73. The second-order valence-corrected chi connectivity index (χ2v) is 4.16. The summed E-state index contributed by atoms with van der Waals surface area (Å²) >= 11 is 0. The number of nitrogens with zero attached hydrogens (tertiary/aromatic N) is 1. The average Bonchev–Trinajstić information content (AvgIpc) is 2.30. The van der Waals surface area contributed by atoms with E-state index in [0.717, 1.165) is 0 Å². The lowest BCUT2D eigenvalue weighted by atomic mass is 10.1. The zero-order valence-electron chi connectivity index (χ0n) is 10.2. The first-order valence-electron chi connectivity index (χ1n) is 5.73. The molecule has 0 fully saturated rings. The summed E-state index contributed by atoms with van der Waals surface area (Å²) in [6.07, 6.45) is 0. The summed E-state index contributed by atoms with van der Waals surface area (Å²) in [5, 5.41) is 8.85. The zero-order valence-corrected chi connectivity index (χ0v) is 10.2. The highest BCUT2D eigenvalue weighted by Gasteiger charge is 2.16. The highest BCUT2D eigenvalue weighted by atomic mass is 19.1. The first-order chi connectivity index (χ1) is 8.04. The molecule has 0 saturated carbocycles. The largest absolute Gasteiger partial charge is 0.481 e. The van der Waals surface area contributed by atoms with Crippen LogP contribution in [0.4, 0.5) is 4.39 Å². The summed E-state index contributed by atoms with van der Waals surface area (Å²) in [5.74, 6) is -1.51. The molecule has 0 spiro atoms. The van der Waals surface area contributed by atoms with Crippen LogP contribution in [0, 0.1) is 11.7 Å². The SMILES string of the molecule is CCN(Cc1ccccc1F)CC(C)C(=O)O. The molecule has 1 N–H and O–H groups in total. The number of carboxylic acid groups (broad SMARTS) is 1. The third-order valence-electron chi connectivity index (χ3n) is 2.75. The number of aliphatic carboxylic acids is 1. The molecule has 1 aromatic rings. The average molecular weight is 239 g/mol. The van der Waals surface area contributed by atoms with Crippen molar-refractivity contribution in [3.8, 4) is 0 Å². The minimum Gasteiger partial charge on any atom is -0.481 e. The lowest BCUT2D eigenvalue weighted by Gasteiger charge is -2.22. The molecule has 1 rings (SSSR count). The minimum absolute atomic E-state index is 0.242. The van der Waals surface area contributed by atoms with E-state index in [-0.39, 0.29) is 5.82 Å². The van der Waals surface area contributed by atoms with Gasteiger partial charge in [-0.3, -0.25) is 9.69 Å². The van der Waals surface area contributed by atoms with E-state index in [9.17, 15) is 9.18 Å². The quantitative estimate of drug-likeness (QED) is 0.828. The van der Waals surface area contributed by atoms with Gasteiger partial charge in [-0.2, -0.15) is 0 Å². The molecule has 0 aliphatic rings. The summed E-state index contributed by atoms with van der Waals surface area (Å²) in [6.45, 7) is 5.18. The molecule has 0 radical (unpaired) electrons. The summed E-state index contributed by atoms with van der Waals surface area (Å²) in [4.78, 5) is 12.7. The Morgan fingerprint density at radius 1 is 1.47 bits per heavy atom. The fourth-order valence-electron chi connectivity index (χ4n) is 1.64. The van der Waals surface area contributed by atoms with Crippen molar-refractivity contribution in [2.24, 2.45) is 5.92 Å². The van der Waals surface area contributed by atoms with Crippen LogP contribution in [-0.4, -0.2) is 29.1 Å². The van der Waals surface area contributed by atoms with Crippen LogP contribution in [0.5, 0.6) is 0 Å². The van der Waals surface area contributed by atoms with Gasteiger partial charge in [-0.15, -0.1) is 0 Å². The molecule has 3 nitrogen and oxygen atoms in total. The number of halogens is 1. The maximum Gasteiger partial charge on any atom is 0.307 e. The van der Waals surface area contributed by atoms with Gasteiger partial charge >= 0.3 is 5.97 Å². The molecular formula is C13H18FNO2. The van der Waals surface area contributed by atoms with E-state index in [2.05, 4.69) is 0 Å². The minimum atomic E-state index is -0.822. The van der Waals surface area contributed by atoms with Crippen LogP contribution < -0.4 is 0 Å². The number of hydrogen-bond acceptors (Lipinski definition) is 2. The number of carboxylic acids is 1. The smallest absolute Gasteiger partial charge is 0.307 e. The number of benzene rings is 1. The molecule has 0 bridgehead atoms. The topological polar surface area (TPSA) is 40.5 Å². The van der Waals surface area contributed by atoms with Crippen LogP contribution in [0.2, 0.25) is 0 Å². The molecule has 0 aliphatic carbocycles. The lowest BCUT2D eigenvalue weighted by Crippen LogP contribution is -2.31. The molecule has 1 unspecified atom stereocenters. The summed E-state index contributed by atoms with van der Waals surface area (Å²) in [5.41, 5.74) is 0.604. The third kappa shape index (κ3) is 4.15. The predicted molar refractivity (Wildman–Crippen MR) is 64.2 cm³/mol.